The van der Waals surface area contributed by atoms with Gasteiger partial charge in [0.2, 0.25) is 0 Å². The summed E-state index contributed by atoms with van der Waals surface area (Å²) < 4.78 is 0. The minimum Gasteiger partial charge on any atom is -0.396 e. The summed E-state index contributed by atoms with van der Waals surface area (Å²) >= 11 is 1.43. The molecule has 3 N–H and O–H groups in total. The van der Waals surface area contributed by atoms with Gasteiger partial charge in [0.1, 0.15) is 0 Å². The Morgan fingerprint density at radius 1 is 1.65 bits per heavy atom. The number of aliphatic hydroxyl groups is 1. The molecule has 0 unspecified atom stereocenters. The van der Waals surface area contributed by atoms with E-state index < -0.39 is 0 Å². The first-order valence-corrected chi connectivity index (χ1v) is 6.20. The Kier molecular flexibility index (Phi) is 5.70. The minimum atomic E-state index is -0.0458. The first kappa shape index (κ1) is 13.7. The van der Waals surface area contributed by atoms with Crippen molar-refractivity contribution in [2.75, 3.05) is 26.7 Å². The molecule has 0 aliphatic heterocycles. The first-order chi connectivity index (χ1) is 8.19. The van der Waals surface area contributed by atoms with Crippen LogP contribution in [0.15, 0.2) is 11.4 Å². The average molecular weight is 252 g/mol. The van der Waals surface area contributed by atoms with Crippen LogP contribution >= 0.6 is 11.3 Å². The van der Waals surface area contributed by atoms with Crippen LogP contribution < -0.4 is 5.73 Å². The fourth-order valence-corrected chi connectivity index (χ4v) is 2.03. The molecule has 1 rings (SSSR count). The highest BCUT2D eigenvalue weighted by Crippen LogP contribution is 2.15. The molecule has 1 amide bonds. The van der Waals surface area contributed by atoms with Crippen molar-refractivity contribution in [3.05, 3.63) is 21.9 Å². The summed E-state index contributed by atoms with van der Waals surface area (Å²) in [5, 5.41) is 10.5. The average Bonchev–Trinajstić information content (AvgIpc) is 2.81. The van der Waals surface area contributed by atoms with Crippen LogP contribution in [0, 0.1) is 11.8 Å². The van der Waals surface area contributed by atoms with E-state index in [-0.39, 0.29) is 12.5 Å². The fraction of sp³-hybridized carbons (Fsp3) is 0.417. The van der Waals surface area contributed by atoms with E-state index in [2.05, 4.69) is 11.8 Å². The zero-order chi connectivity index (χ0) is 12.7. The zero-order valence-corrected chi connectivity index (χ0v) is 10.6. The van der Waals surface area contributed by atoms with E-state index >= 15 is 0 Å². The third-order valence-corrected chi connectivity index (χ3v) is 3.00. The topological polar surface area (TPSA) is 66.6 Å². The van der Waals surface area contributed by atoms with Gasteiger partial charge < -0.3 is 15.7 Å². The van der Waals surface area contributed by atoms with Crippen LogP contribution in [0.1, 0.15) is 21.7 Å². The van der Waals surface area contributed by atoms with Crippen molar-refractivity contribution in [1.29, 1.82) is 0 Å². The van der Waals surface area contributed by atoms with Crippen molar-refractivity contribution in [3.63, 3.8) is 0 Å². The predicted octanol–water partition coefficient (Wildman–Crippen LogP) is 0.513. The van der Waals surface area contributed by atoms with Crippen molar-refractivity contribution < 1.29 is 9.90 Å². The van der Waals surface area contributed by atoms with E-state index in [4.69, 9.17) is 10.8 Å². The van der Waals surface area contributed by atoms with Gasteiger partial charge in [-0.15, -0.1) is 11.3 Å². The molecule has 92 valence electrons. The number of amides is 1. The molecular formula is C12H16N2O2S. The summed E-state index contributed by atoms with van der Waals surface area (Å²) in [5.74, 6) is 5.60. The second-order valence-corrected chi connectivity index (χ2v) is 4.42. The van der Waals surface area contributed by atoms with Gasteiger partial charge in [0.25, 0.3) is 5.91 Å². The Balaban J connectivity index is 2.66. The SMILES string of the molecule is CN(CCCO)C(=O)c1csc(C#CCN)c1. The third-order valence-electron chi connectivity index (χ3n) is 2.16. The zero-order valence-electron chi connectivity index (χ0n) is 9.77. The van der Waals surface area contributed by atoms with Crippen molar-refractivity contribution in [3.8, 4) is 11.8 Å². The second-order valence-electron chi connectivity index (χ2n) is 3.51. The minimum absolute atomic E-state index is 0.0458. The number of nitrogens with zero attached hydrogens (tertiary/aromatic N) is 1. The molecule has 0 aromatic carbocycles. The quantitative estimate of drug-likeness (QED) is 0.767. The molecule has 0 saturated heterocycles. The number of nitrogens with two attached hydrogens (primary N) is 1. The Morgan fingerprint density at radius 2 is 2.41 bits per heavy atom. The lowest BCUT2D eigenvalue weighted by molar-refractivity contribution is 0.0787. The molecule has 5 heteroatoms. The highest BCUT2D eigenvalue weighted by Gasteiger charge is 2.12. The molecule has 0 atom stereocenters. The molecular weight excluding hydrogens is 236 g/mol. The Labute approximate surface area is 105 Å². The maximum atomic E-state index is 11.9. The van der Waals surface area contributed by atoms with Gasteiger partial charge in [-0.25, -0.2) is 0 Å². The number of carbonyl (C=O) groups is 1. The van der Waals surface area contributed by atoms with Gasteiger partial charge in [-0.1, -0.05) is 11.8 Å². The van der Waals surface area contributed by atoms with Crippen LogP contribution in [0.4, 0.5) is 0 Å². The summed E-state index contributed by atoms with van der Waals surface area (Å²) in [6.07, 6.45) is 0.589. The van der Waals surface area contributed by atoms with Crippen LogP contribution in [0.3, 0.4) is 0 Å². The third kappa shape index (κ3) is 4.19. The predicted molar refractivity (Wildman–Crippen MR) is 68.9 cm³/mol. The summed E-state index contributed by atoms with van der Waals surface area (Å²) in [5.41, 5.74) is 5.91. The number of thiophene rings is 1. The molecule has 0 saturated carbocycles. The molecule has 17 heavy (non-hydrogen) atoms. The van der Waals surface area contributed by atoms with Crippen LogP contribution in [0.25, 0.3) is 0 Å². The standard InChI is InChI=1S/C12H16N2O2S/c1-14(6-3-7-15)12(16)10-8-11(17-9-10)4-2-5-13/h8-9,15H,3,5-7,13H2,1H3. The molecule has 1 aromatic rings. The van der Waals surface area contributed by atoms with Gasteiger partial charge in [0.05, 0.1) is 17.0 Å². The molecule has 4 nitrogen and oxygen atoms in total. The normalized spacial score (nSPS) is 9.59. The van der Waals surface area contributed by atoms with Crippen LogP contribution in [0.2, 0.25) is 0 Å². The number of aliphatic hydroxyl groups excluding tert-OH is 1. The summed E-state index contributed by atoms with van der Waals surface area (Å²) in [6.45, 7) is 0.959. The van der Waals surface area contributed by atoms with Crippen molar-refractivity contribution in [2.45, 2.75) is 6.42 Å². The van der Waals surface area contributed by atoms with Gasteiger partial charge in [-0.05, 0) is 12.5 Å². The fourth-order valence-electron chi connectivity index (χ4n) is 1.28. The summed E-state index contributed by atoms with van der Waals surface area (Å²) in [4.78, 5) is 14.4. The van der Waals surface area contributed by atoms with Crippen molar-refractivity contribution in [1.82, 2.24) is 4.90 Å². The lowest BCUT2D eigenvalue weighted by atomic mass is 10.2. The lowest BCUT2D eigenvalue weighted by Crippen LogP contribution is -2.27. The van der Waals surface area contributed by atoms with Crippen LogP contribution in [-0.4, -0.2) is 42.7 Å². The molecule has 1 aromatic heterocycles. The van der Waals surface area contributed by atoms with Crippen molar-refractivity contribution in [2.24, 2.45) is 5.73 Å². The largest absolute Gasteiger partial charge is 0.396 e. The molecule has 0 radical (unpaired) electrons. The highest BCUT2D eigenvalue weighted by molar-refractivity contribution is 7.10. The second kappa shape index (κ2) is 7.07. The van der Waals surface area contributed by atoms with E-state index in [1.54, 1.807) is 23.4 Å². The smallest absolute Gasteiger partial charge is 0.254 e. The molecule has 0 aliphatic rings. The molecule has 0 spiro atoms. The maximum Gasteiger partial charge on any atom is 0.254 e. The van der Waals surface area contributed by atoms with Crippen molar-refractivity contribution >= 4 is 17.2 Å². The number of rotatable bonds is 4. The van der Waals surface area contributed by atoms with Gasteiger partial charge in [0.15, 0.2) is 0 Å². The Morgan fingerprint density at radius 3 is 3.06 bits per heavy atom. The van der Waals surface area contributed by atoms with E-state index in [0.717, 1.165) is 4.88 Å². The number of carbonyl (C=O) groups excluding carboxylic acids is 1. The maximum absolute atomic E-state index is 11.9. The van der Waals surface area contributed by atoms with E-state index in [1.807, 2.05) is 0 Å². The number of hydrogen-bond donors (Lipinski definition) is 2. The van der Waals surface area contributed by atoms with Gasteiger partial charge in [-0.2, -0.15) is 0 Å². The molecule has 1 heterocycles. The lowest BCUT2D eigenvalue weighted by Gasteiger charge is -2.15. The van der Waals surface area contributed by atoms with Gasteiger partial charge in [-0.3, -0.25) is 4.79 Å². The summed E-state index contributed by atoms with van der Waals surface area (Å²) in [6, 6.07) is 1.77. The van der Waals surface area contributed by atoms with Crippen LogP contribution in [-0.2, 0) is 0 Å². The highest BCUT2D eigenvalue weighted by atomic mass is 32.1. The molecule has 0 bridgehead atoms. The summed E-state index contributed by atoms with van der Waals surface area (Å²) in [7, 11) is 1.72. The van der Waals surface area contributed by atoms with E-state index in [1.165, 1.54) is 11.3 Å². The monoisotopic (exact) mass is 252 g/mol. The Bertz CT molecular complexity index is 431. The Hall–Kier alpha value is -1.35. The van der Waals surface area contributed by atoms with Crippen LogP contribution in [0.5, 0.6) is 0 Å². The van der Waals surface area contributed by atoms with E-state index in [9.17, 15) is 4.79 Å². The van der Waals surface area contributed by atoms with Gasteiger partial charge in [0, 0.05) is 25.6 Å². The first-order valence-electron chi connectivity index (χ1n) is 5.33. The number of hydrogen-bond acceptors (Lipinski definition) is 4. The molecule has 0 aliphatic carbocycles. The molecule has 0 fully saturated rings. The van der Waals surface area contributed by atoms with Gasteiger partial charge >= 0.3 is 0 Å². The van der Waals surface area contributed by atoms with E-state index in [0.29, 0.717) is 25.1 Å².